The molecule has 0 N–H and O–H groups in total. The fraction of sp³-hybridized carbons (Fsp3) is 0. The fourth-order valence-corrected chi connectivity index (χ4v) is 4.92. The smallest absolute Gasteiger partial charge is 0.172 e. The fourth-order valence-electron chi connectivity index (χ4n) is 4.92. The third-order valence-corrected chi connectivity index (χ3v) is 6.59. The number of aromatic nitrogens is 1. The topological polar surface area (TPSA) is 86.8 Å². The summed E-state index contributed by atoms with van der Waals surface area (Å²) in [6.07, 6.45) is 0. The van der Waals surface area contributed by atoms with E-state index in [9.17, 15) is 10.5 Å². The normalized spacial score (nSPS) is 11.3. The van der Waals surface area contributed by atoms with Crippen molar-refractivity contribution in [2.75, 3.05) is 0 Å². The van der Waals surface area contributed by atoms with Crippen LogP contribution >= 0.6 is 0 Å². The van der Waals surface area contributed by atoms with E-state index in [4.69, 9.17) is 8.83 Å². The van der Waals surface area contributed by atoms with Crippen LogP contribution in [0.1, 0.15) is 11.3 Å². The molecule has 36 heavy (non-hydrogen) atoms. The number of nitrogens with zero attached hydrogens (tertiary/aromatic N) is 3. The second-order valence-electron chi connectivity index (χ2n) is 8.60. The highest BCUT2D eigenvalue weighted by molar-refractivity contribution is 6.09. The van der Waals surface area contributed by atoms with E-state index in [0.29, 0.717) is 27.8 Å². The first-order chi connectivity index (χ1) is 17.7. The summed E-state index contributed by atoms with van der Waals surface area (Å²) in [5.74, 6) is 0. The maximum Gasteiger partial charge on any atom is 0.172 e. The van der Waals surface area contributed by atoms with Crippen molar-refractivity contribution in [1.82, 2.24) is 4.98 Å². The van der Waals surface area contributed by atoms with E-state index in [1.165, 1.54) is 0 Å². The molecule has 7 rings (SSSR count). The van der Waals surface area contributed by atoms with Gasteiger partial charge in [-0.15, -0.1) is 0 Å². The number of para-hydroxylation sites is 1. The number of furan rings is 2. The van der Waals surface area contributed by atoms with Crippen molar-refractivity contribution in [3.05, 3.63) is 102 Å². The minimum absolute atomic E-state index is 0.199. The van der Waals surface area contributed by atoms with Crippen molar-refractivity contribution < 1.29 is 8.83 Å². The molecule has 0 aliphatic rings. The highest BCUT2D eigenvalue weighted by Crippen LogP contribution is 2.39. The summed E-state index contributed by atoms with van der Waals surface area (Å²) in [4.78, 5) is 4.66. The molecule has 0 spiro atoms. The first-order valence-electron chi connectivity index (χ1n) is 11.4. The molecule has 0 unspecified atom stereocenters. The van der Waals surface area contributed by atoms with E-state index >= 15 is 0 Å². The molecule has 0 saturated heterocycles. The largest absolute Gasteiger partial charge is 0.456 e. The van der Waals surface area contributed by atoms with Gasteiger partial charge in [-0.25, -0.2) is 4.98 Å². The summed E-state index contributed by atoms with van der Waals surface area (Å²) < 4.78 is 12.1. The van der Waals surface area contributed by atoms with Crippen LogP contribution in [0.25, 0.3) is 66.3 Å². The maximum atomic E-state index is 10.1. The zero-order valence-corrected chi connectivity index (χ0v) is 18.8. The second-order valence-corrected chi connectivity index (χ2v) is 8.60. The summed E-state index contributed by atoms with van der Waals surface area (Å²) in [6.45, 7) is 0. The predicted molar refractivity (Wildman–Crippen MR) is 139 cm³/mol. The molecule has 0 saturated carbocycles. The van der Waals surface area contributed by atoms with Gasteiger partial charge in [0.05, 0.1) is 0 Å². The first-order valence-corrected chi connectivity index (χ1v) is 11.4. The Morgan fingerprint density at radius 2 is 1.25 bits per heavy atom. The van der Waals surface area contributed by atoms with Crippen molar-refractivity contribution in [3.8, 4) is 34.4 Å². The lowest BCUT2D eigenvalue weighted by Crippen LogP contribution is -1.95. The van der Waals surface area contributed by atoms with Crippen LogP contribution in [0.15, 0.2) is 99.8 Å². The first kappa shape index (κ1) is 20.0. The van der Waals surface area contributed by atoms with Gasteiger partial charge in [0.15, 0.2) is 11.3 Å². The van der Waals surface area contributed by atoms with Crippen LogP contribution in [0.4, 0.5) is 0 Å². The van der Waals surface area contributed by atoms with Gasteiger partial charge in [0.25, 0.3) is 0 Å². The second kappa shape index (κ2) is 7.56. The lowest BCUT2D eigenvalue weighted by atomic mass is 9.97. The summed E-state index contributed by atoms with van der Waals surface area (Å²) in [6, 6.07) is 33.8. The average molecular weight is 461 g/mol. The SMILES string of the molecule is N#Cc1nc2c(oc3ccc(-c4ccc5oc6ccccc6c5c4)cc32)c(C#N)c1-c1ccccc1. The van der Waals surface area contributed by atoms with E-state index in [-0.39, 0.29) is 5.69 Å². The van der Waals surface area contributed by atoms with Crippen molar-refractivity contribution in [1.29, 1.82) is 10.5 Å². The van der Waals surface area contributed by atoms with Crippen LogP contribution < -0.4 is 0 Å². The number of rotatable bonds is 2. The van der Waals surface area contributed by atoms with Crippen LogP contribution in [0.5, 0.6) is 0 Å². The van der Waals surface area contributed by atoms with Gasteiger partial charge in [-0.3, -0.25) is 0 Å². The average Bonchev–Trinajstić information content (AvgIpc) is 3.49. The quantitative estimate of drug-likeness (QED) is 0.261. The Morgan fingerprint density at radius 1 is 0.583 bits per heavy atom. The van der Waals surface area contributed by atoms with Crippen LogP contribution in [0, 0.1) is 22.7 Å². The highest BCUT2D eigenvalue weighted by atomic mass is 16.3. The van der Waals surface area contributed by atoms with Gasteiger partial charge >= 0.3 is 0 Å². The molecule has 166 valence electrons. The summed E-state index contributed by atoms with van der Waals surface area (Å²) in [7, 11) is 0. The molecule has 0 fully saturated rings. The number of hydrogen-bond donors (Lipinski definition) is 0. The zero-order chi connectivity index (χ0) is 24.2. The molecule has 0 radical (unpaired) electrons. The summed E-state index contributed by atoms with van der Waals surface area (Å²) >= 11 is 0. The van der Waals surface area contributed by atoms with Crippen molar-refractivity contribution in [3.63, 3.8) is 0 Å². The molecular weight excluding hydrogens is 446 g/mol. The Hall–Kier alpha value is -5.39. The molecule has 5 heteroatoms. The maximum absolute atomic E-state index is 10.1. The molecule has 0 aliphatic carbocycles. The molecule has 3 heterocycles. The van der Waals surface area contributed by atoms with Gasteiger partial charge in [0, 0.05) is 21.7 Å². The molecule has 5 nitrogen and oxygen atoms in total. The van der Waals surface area contributed by atoms with E-state index in [1.54, 1.807) is 0 Å². The lowest BCUT2D eigenvalue weighted by molar-refractivity contribution is 0.667. The van der Waals surface area contributed by atoms with Crippen LogP contribution in [0.3, 0.4) is 0 Å². The Bertz CT molecular complexity index is 2070. The number of hydrogen-bond acceptors (Lipinski definition) is 5. The zero-order valence-electron chi connectivity index (χ0n) is 18.8. The number of nitriles is 2. The van der Waals surface area contributed by atoms with Crippen LogP contribution in [-0.4, -0.2) is 4.98 Å². The van der Waals surface area contributed by atoms with E-state index < -0.39 is 0 Å². The molecule has 0 atom stereocenters. The minimum Gasteiger partial charge on any atom is -0.456 e. The van der Waals surface area contributed by atoms with Crippen LogP contribution in [-0.2, 0) is 0 Å². The molecule has 0 bridgehead atoms. The monoisotopic (exact) mass is 461 g/mol. The third-order valence-electron chi connectivity index (χ3n) is 6.59. The van der Waals surface area contributed by atoms with Crippen molar-refractivity contribution in [2.24, 2.45) is 0 Å². The molecule has 4 aromatic carbocycles. The van der Waals surface area contributed by atoms with Crippen LogP contribution in [0.2, 0.25) is 0 Å². The number of benzene rings is 4. The number of fused-ring (bicyclic) bond motifs is 6. The van der Waals surface area contributed by atoms with Gasteiger partial charge < -0.3 is 8.83 Å². The Morgan fingerprint density at radius 3 is 2.00 bits per heavy atom. The molecule has 7 aromatic rings. The number of pyridine rings is 1. The molecule has 3 aromatic heterocycles. The Labute approximate surface area is 205 Å². The van der Waals surface area contributed by atoms with Gasteiger partial charge in [0.2, 0.25) is 0 Å². The lowest BCUT2D eigenvalue weighted by Gasteiger charge is -2.06. The highest BCUT2D eigenvalue weighted by Gasteiger charge is 2.22. The van der Waals surface area contributed by atoms with Crippen molar-refractivity contribution in [2.45, 2.75) is 0 Å². The summed E-state index contributed by atoms with van der Waals surface area (Å²) in [5, 5.41) is 22.8. The van der Waals surface area contributed by atoms with Gasteiger partial charge in [-0.05, 0) is 47.0 Å². The van der Waals surface area contributed by atoms with Gasteiger partial charge in [-0.1, -0.05) is 60.7 Å². The standard InChI is InChI=1S/C31H15N3O2/c32-16-24-29(18-6-2-1-3-7-18)25(17-33)34-30-23-15-20(11-13-28(23)36-31(24)30)19-10-12-27-22(14-19)21-8-4-5-9-26(21)35-27/h1-15H. The Balaban J connectivity index is 1.47. The molecular formula is C31H15N3O2. The molecule has 0 amide bonds. The van der Waals surface area contributed by atoms with Gasteiger partial charge in [0.1, 0.15) is 40.0 Å². The third kappa shape index (κ3) is 2.84. The summed E-state index contributed by atoms with van der Waals surface area (Å²) in [5.41, 5.74) is 6.95. The van der Waals surface area contributed by atoms with E-state index in [2.05, 4.69) is 29.3 Å². The van der Waals surface area contributed by atoms with Gasteiger partial charge in [-0.2, -0.15) is 10.5 Å². The van der Waals surface area contributed by atoms with Crippen molar-refractivity contribution >= 4 is 44.0 Å². The predicted octanol–water partition coefficient (Wildman–Crippen LogP) is 7.96. The Kier molecular flexibility index (Phi) is 4.21. The van der Waals surface area contributed by atoms with E-state index in [0.717, 1.165) is 44.0 Å². The minimum atomic E-state index is 0.199. The van der Waals surface area contributed by atoms with E-state index in [1.807, 2.05) is 78.9 Å². The molecule has 0 aliphatic heterocycles.